The molecule has 0 saturated carbocycles. The van der Waals surface area contributed by atoms with Gasteiger partial charge in [-0.15, -0.1) is 0 Å². The van der Waals surface area contributed by atoms with Crippen LogP contribution in [0.5, 0.6) is 0 Å². The Morgan fingerprint density at radius 2 is 2.15 bits per heavy atom. The molecule has 3 nitrogen and oxygen atoms in total. The van der Waals surface area contributed by atoms with E-state index >= 15 is 0 Å². The van der Waals surface area contributed by atoms with Crippen molar-refractivity contribution in [1.29, 1.82) is 0 Å². The van der Waals surface area contributed by atoms with Crippen LogP contribution in [-0.4, -0.2) is 21.5 Å². The summed E-state index contributed by atoms with van der Waals surface area (Å²) in [6, 6.07) is 0. The summed E-state index contributed by atoms with van der Waals surface area (Å²) < 4.78 is 1.85. The number of rotatable bonds is 2. The van der Waals surface area contributed by atoms with Crippen molar-refractivity contribution >= 4 is 6.08 Å². The molecule has 0 aliphatic rings. The molecule has 0 unspecified atom stereocenters. The van der Waals surface area contributed by atoms with Gasteiger partial charge in [0, 0.05) is 18.3 Å². The predicted molar refractivity (Wildman–Crippen MR) is 53.4 cm³/mol. The fourth-order valence-electron chi connectivity index (χ4n) is 1.29. The molecule has 3 heteroatoms. The van der Waals surface area contributed by atoms with Crippen molar-refractivity contribution in [3.63, 3.8) is 0 Å². The van der Waals surface area contributed by atoms with Gasteiger partial charge in [-0.3, -0.25) is 4.68 Å². The fraction of sp³-hybridized carbons (Fsp3) is 0.500. The second kappa shape index (κ2) is 3.75. The molecule has 0 spiro atoms. The average molecular weight is 180 g/mol. The highest BCUT2D eigenvalue weighted by Gasteiger charge is 2.06. The Morgan fingerprint density at radius 1 is 1.54 bits per heavy atom. The lowest BCUT2D eigenvalue weighted by Crippen LogP contribution is -1.92. The van der Waals surface area contributed by atoms with Gasteiger partial charge >= 0.3 is 0 Å². The summed E-state index contributed by atoms with van der Waals surface area (Å²) in [6.07, 6.45) is 1.98. The van der Waals surface area contributed by atoms with Crippen LogP contribution in [0.2, 0.25) is 0 Å². The third-order valence-corrected chi connectivity index (χ3v) is 2.21. The Hall–Kier alpha value is -1.09. The number of hydrogen-bond donors (Lipinski definition) is 1. The third kappa shape index (κ3) is 1.98. The molecular formula is C10H16N2O. The number of nitrogens with zero attached hydrogens (tertiary/aromatic N) is 2. The van der Waals surface area contributed by atoms with Gasteiger partial charge in [0.2, 0.25) is 0 Å². The maximum atomic E-state index is 8.89. The largest absolute Gasteiger partial charge is 0.392 e. The van der Waals surface area contributed by atoms with Crippen molar-refractivity contribution in [2.24, 2.45) is 7.05 Å². The van der Waals surface area contributed by atoms with Crippen molar-refractivity contribution in [2.75, 3.05) is 6.61 Å². The number of aromatic nitrogens is 2. The van der Waals surface area contributed by atoms with Crippen molar-refractivity contribution in [1.82, 2.24) is 9.78 Å². The molecule has 1 aromatic heterocycles. The van der Waals surface area contributed by atoms with Gasteiger partial charge in [-0.05, 0) is 26.3 Å². The normalized spacial score (nSPS) is 12.2. The maximum Gasteiger partial charge on any atom is 0.0668 e. The Morgan fingerprint density at radius 3 is 2.54 bits per heavy atom. The third-order valence-electron chi connectivity index (χ3n) is 2.21. The second-order valence-corrected chi connectivity index (χ2v) is 3.36. The molecule has 0 saturated heterocycles. The fourth-order valence-corrected chi connectivity index (χ4v) is 1.29. The Bertz CT molecular complexity index is 337. The zero-order valence-corrected chi connectivity index (χ0v) is 8.63. The number of aliphatic hydroxyl groups is 1. The smallest absolute Gasteiger partial charge is 0.0668 e. The summed E-state index contributed by atoms with van der Waals surface area (Å²) in [5.41, 5.74) is 4.21. The van der Waals surface area contributed by atoms with E-state index < -0.39 is 0 Å². The zero-order valence-electron chi connectivity index (χ0n) is 8.63. The number of hydrogen-bond acceptors (Lipinski definition) is 2. The zero-order chi connectivity index (χ0) is 10.0. The van der Waals surface area contributed by atoms with Gasteiger partial charge in [-0.2, -0.15) is 5.10 Å². The molecule has 0 atom stereocenters. The van der Waals surface area contributed by atoms with Crippen LogP contribution in [0.3, 0.4) is 0 Å². The summed E-state index contributed by atoms with van der Waals surface area (Å²) in [7, 11) is 1.92. The molecule has 1 aromatic rings. The first kappa shape index (κ1) is 9.99. The monoisotopic (exact) mass is 180 g/mol. The first-order valence-electron chi connectivity index (χ1n) is 4.34. The predicted octanol–water partition coefficient (Wildman–Crippen LogP) is 1.43. The van der Waals surface area contributed by atoms with Gasteiger partial charge in [0.15, 0.2) is 0 Å². The van der Waals surface area contributed by atoms with Crippen LogP contribution in [0.25, 0.3) is 6.08 Å². The van der Waals surface area contributed by atoms with Crippen molar-refractivity contribution in [3.05, 3.63) is 22.5 Å². The standard InChI is InChI=1S/C10H16N2O/c1-7(6-13)5-10-8(2)11-12(4)9(10)3/h5,13H,6H2,1-4H3. The van der Waals surface area contributed by atoms with Gasteiger partial charge in [-0.1, -0.05) is 6.08 Å². The van der Waals surface area contributed by atoms with Gasteiger partial charge < -0.3 is 5.11 Å². The Balaban J connectivity index is 3.14. The van der Waals surface area contributed by atoms with Crippen LogP contribution in [-0.2, 0) is 7.05 Å². The molecule has 1 rings (SSSR count). The molecule has 0 fully saturated rings. The van der Waals surface area contributed by atoms with Crippen LogP contribution >= 0.6 is 0 Å². The summed E-state index contributed by atoms with van der Waals surface area (Å²) in [5, 5.41) is 13.2. The van der Waals surface area contributed by atoms with Crippen molar-refractivity contribution < 1.29 is 5.11 Å². The van der Waals surface area contributed by atoms with Crippen LogP contribution in [0.1, 0.15) is 23.9 Å². The van der Waals surface area contributed by atoms with Gasteiger partial charge in [0.25, 0.3) is 0 Å². The highest BCUT2D eigenvalue weighted by atomic mass is 16.3. The lowest BCUT2D eigenvalue weighted by Gasteiger charge is -1.97. The molecule has 72 valence electrons. The van der Waals surface area contributed by atoms with Gasteiger partial charge in [0.05, 0.1) is 12.3 Å². The first-order valence-corrected chi connectivity index (χ1v) is 4.34. The lowest BCUT2D eigenvalue weighted by molar-refractivity contribution is 0.332. The number of aryl methyl sites for hydroxylation is 2. The van der Waals surface area contributed by atoms with E-state index in [4.69, 9.17) is 5.11 Å². The van der Waals surface area contributed by atoms with Crippen molar-refractivity contribution in [3.8, 4) is 0 Å². The van der Waals surface area contributed by atoms with E-state index in [1.165, 1.54) is 0 Å². The molecule has 0 amide bonds. The molecule has 0 radical (unpaired) electrons. The number of aliphatic hydroxyl groups excluding tert-OH is 1. The molecule has 13 heavy (non-hydrogen) atoms. The second-order valence-electron chi connectivity index (χ2n) is 3.36. The van der Waals surface area contributed by atoms with Gasteiger partial charge in [0.1, 0.15) is 0 Å². The SMILES string of the molecule is CC(=Cc1c(C)nn(C)c1C)CO. The summed E-state index contributed by atoms with van der Waals surface area (Å²) >= 11 is 0. The van der Waals surface area contributed by atoms with E-state index in [0.717, 1.165) is 22.5 Å². The minimum Gasteiger partial charge on any atom is -0.392 e. The minimum atomic E-state index is 0.105. The van der Waals surface area contributed by atoms with E-state index in [1.807, 2.05) is 38.6 Å². The summed E-state index contributed by atoms with van der Waals surface area (Å²) in [5.74, 6) is 0. The lowest BCUT2D eigenvalue weighted by atomic mass is 10.1. The highest BCUT2D eigenvalue weighted by molar-refractivity contribution is 5.57. The van der Waals surface area contributed by atoms with Crippen LogP contribution in [0.4, 0.5) is 0 Å². The van der Waals surface area contributed by atoms with Crippen LogP contribution in [0, 0.1) is 13.8 Å². The minimum absolute atomic E-state index is 0.105. The molecule has 0 aromatic carbocycles. The van der Waals surface area contributed by atoms with Crippen LogP contribution in [0.15, 0.2) is 5.57 Å². The Labute approximate surface area is 78.7 Å². The van der Waals surface area contributed by atoms with Crippen LogP contribution < -0.4 is 0 Å². The van der Waals surface area contributed by atoms with E-state index in [9.17, 15) is 0 Å². The maximum absolute atomic E-state index is 8.89. The molecule has 0 aliphatic heterocycles. The summed E-state index contributed by atoms with van der Waals surface area (Å²) in [4.78, 5) is 0. The van der Waals surface area contributed by atoms with E-state index in [0.29, 0.717) is 0 Å². The van der Waals surface area contributed by atoms with Crippen molar-refractivity contribution in [2.45, 2.75) is 20.8 Å². The molecule has 0 bridgehead atoms. The quantitative estimate of drug-likeness (QED) is 0.747. The molecule has 1 heterocycles. The first-order chi connectivity index (χ1) is 6.06. The van der Waals surface area contributed by atoms with Gasteiger partial charge in [-0.25, -0.2) is 0 Å². The van der Waals surface area contributed by atoms with E-state index in [1.54, 1.807) is 0 Å². The molecule has 1 N–H and O–H groups in total. The highest BCUT2D eigenvalue weighted by Crippen LogP contribution is 2.15. The molecule has 0 aliphatic carbocycles. The summed E-state index contributed by atoms with van der Waals surface area (Å²) in [6.45, 7) is 6.01. The average Bonchev–Trinajstić information content (AvgIpc) is 2.32. The molecular weight excluding hydrogens is 164 g/mol. The topological polar surface area (TPSA) is 38.0 Å². The van der Waals surface area contributed by atoms with E-state index in [2.05, 4.69) is 5.10 Å². The van der Waals surface area contributed by atoms with E-state index in [-0.39, 0.29) is 6.61 Å². The Kier molecular flexibility index (Phi) is 2.88.